The summed E-state index contributed by atoms with van der Waals surface area (Å²) in [4.78, 5) is 19.5. The number of anilines is 1. The van der Waals surface area contributed by atoms with E-state index in [4.69, 9.17) is 21.9 Å². The predicted octanol–water partition coefficient (Wildman–Crippen LogP) is 0.509. The lowest BCUT2D eigenvalue weighted by atomic mass is 10.2. The van der Waals surface area contributed by atoms with Gasteiger partial charge in [0.1, 0.15) is 5.75 Å². The summed E-state index contributed by atoms with van der Waals surface area (Å²) in [6, 6.07) is 4.98. The van der Waals surface area contributed by atoms with Crippen molar-refractivity contribution in [3.8, 4) is 5.75 Å². The van der Waals surface area contributed by atoms with Gasteiger partial charge < -0.3 is 27.3 Å². The topological polar surface area (TPSA) is 141 Å². The van der Waals surface area contributed by atoms with Crippen LogP contribution in [-0.4, -0.2) is 24.9 Å². The van der Waals surface area contributed by atoms with Crippen molar-refractivity contribution in [3.05, 3.63) is 18.2 Å². The summed E-state index contributed by atoms with van der Waals surface area (Å²) in [5.41, 5.74) is 17.0. The molecule has 0 aromatic heterocycles. The Morgan fingerprint density at radius 3 is 2.48 bits per heavy atom. The fourth-order valence-corrected chi connectivity index (χ4v) is 1.39. The van der Waals surface area contributed by atoms with Crippen LogP contribution in [0.1, 0.15) is 13.8 Å². The fraction of sp³-hybridized carbons (Fsp3) is 0.308. The molecule has 114 valence electrons. The minimum atomic E-state index is -0.202. The molecule has 8 nitrogen and oxygen atoms in total. The summed E-state index contributed by atoms with van der Waals surface area (Å²) in [6.45, 7) is 3.57. The summed E-state index contributed by atoms with van der Waals surface area (Å²) < 4.78 is 5.12. The highest BCUT2D eigenvalue weighted by Crippen LogP contribution is 2.30. The third-order valence-electron chi connectivity index (χ3n) is 2.47. The third kappa shape index (κ3) is 5.01. The number of aliphatic imine (C=N–C) groups is 2. The van der Waals surface area contributed by atoms with E-state index in [1.807, 2.05) is 0 Å². The molecule has 0 aliphatic rings. The van der Waals surface area contributed by atoms with Gasteiger partial charge in [0.15, 0.2) is 5.96 Å². The molecule has 0 bridgehead atoms. The second kappa shape index (κ2) is 7.13. The Labute approximate surface area is 123 Å². The van der Waals surface area contributed by atoms with Gasteiger partial charge >= 0.3 is 0 Å². The van der Waals surface area contributed by atoms with E-state index in [0.717, 1.165) is 0 Å². The Kier molecular flexibility index (Phi) is 5.53. The average molecular weight is 292 g/mol. The number of carbonyl (C=O) groups excluding carboxylic acids is 1. The first kappa shape index (κ1) is 16.3. The molecule has 8 heteroatoms. The highest BCUT2D eigenvalue weighted by Gasteiger charge is 2.11. The van der Waals surface area contributed by atoms with E-state index in [1.54, 1.807) is 32.0 Å². The van der Waals surface area contributed by atoms with Crippen LogP contribution in [0.25, 0.3) is 0 Å². The summed E-state index contributed by atoms with van der Waals surface area (Å²) >= 11 is 0. The zero-order chi connectivity index (χ0) is 16.0. The van der Waals surface area contributed by atoms with E-state index in [2.05, 4.69) is 15.3 Å². The maximum atomic E-state index is 11.8. The molecule has 1 amide bonds. The van der Waals surface area contributed by atoms with Gasteiger partial charge in [-0.05, 0) is 12.1 Å². The lowest BCUT2D eigenvalue weighted by Crippen LogP contribution is -2.26. The largest absolute Gasteiger partial charge is 0.497 e. The average Bonchev–Trinajstić information content (AvgIpc) is 2.39. The molecule has 0 aliphatic carbocycles. The number of carbonyl (C=O) groups is 1. The highest BCUT2D eigenvalue weighted by atomic mass is 16.5. The van der Waals surface area contributed by atoms with Gasteiger partial charge in [0.05, 0.1) is 18.5 Å². The van der Waals surface area contributed by atoms with E-state index >= 15 is 0 Å². The maximum absolute atomic E-state index is 11.8. The summed E-state index contributed by atoms with van der Waals surface area (Å²) in [5, 5.41) is 2.75. The van der Waals surface area contributed by atoms with Gasteiger partial charge in [-0.25, -0.2) is 4.99 Å². The van der Waals surface area contributed by atoms with Crippen LogP contribution in [0.2, 0.25) is 0 Å². The number of guanidine groups is 2. The SMILES string of the molecule is COc1ccc(NC(=O)C(C)C)c(N=C(N)N=C(N)N)c1. The van der Waals surface area contributed by atoms with E-state index < -0.39 is 0 Å². The van der Waals surface area contributed by atoms with Crippen molar-refractivity contribution in [1.29, 1.82) is 0 Å². The second-order valence-corrected chi connectivity index (χ2v) is 4.53. The molecule has 21 heavy (non-hydrogen) atoms. The number of nitrogens with two attached hydrogens (primary N) is 3. The first-order chi connectivity index (χ1) is 9.83. The number of hydrogen-bond acceptors (Lipinski definition) is 3. The van der Waals surface area contributed by atoms with Crippen LogP contribution < -0.4 is 27.3 Å². The van der Waals surface area contributed by atoms with Crippen LogP contribution in [0.15, 0.2) is 28.2 Å². The van der Waals surface area contributed by atoms with Gasteiger partial charge in [-0.1, -0.05) is 13.8 Å². The Bertz CT molecular complexity index is 576. The Morgan fingerprint density at radius 2 is 1.95 bits per heavy atom. The van der Waals surface area contributed by atoms with E-state index in [-0.39, 0.29) is 23.7 Å². The van der Waals surface area contributed by atoms with Gasteiger partial charge in [0.25, 0.3) is 0 Å². The molecule has 1 aromatic carbocycles. The van der Waals surface area contributed by atoms with Crippen molar-refractivity contribution < 1.29 is 9.53 Å². The summed E-state index contributed by atoms with van der Waals surface area (Å²) in [7, 11) is 1.52. The molecule has 0 saturated heterocycles. The first-order valence-corrected chi connectivity index (χ1v) is 6.26. The van der Waals surface area contributed by atoms with Crippen LogP contribution in [0.3, 0.4) is 0 Å². The Balaban J connectivity index is 3.19. The second-order valence-electron chi connectivity index (χ2n) is 4.53. The third-order valence-corrected chi connectivity index (χ3v) is 2.47. The predicted molar refractivity (Wildman–Crippen MR) is 83.6 cm³/mol. The zero-order valence-corrected chi connectivity index (χ0v) is 12.3. The molecule has 1 rings (SSSR count). The molecular formula is C13H20N6O2. The van der Waals surface area contributed by atoms with Crippen LogP contribution in [0.4, 0.5) is 11.4 Å². The summed E-state index contributed by atoms with van der Waals surface area (Å²) in [5.74, 6) is -0.0694. The number of amides is 1. The number of nitrogens with one attached hydrogen (secondary N) is 1. The molecule has 0 unspecified atom stereocenters. The molecule has 0 radical (unpaired) electrons. The molecule has 0 spiro atoms. The highest BCUT2D eigenvalue weighted by molar-refractivity contribution is 5.98. The van der Waals surface area contributed by atoms with Crippen molar-refractivity contribution in [1.82, 2.24) is 0 Å². The van der Waals surface area contributed by atoms with Crippen molar-refractivity contribution in [2.24, 2.45) is 33.1 Å². The van der Waals surface area contributed by atoms with Crippen molar-refractivity contribution in [2.75, 3.05) is 12.4 Å². The minimum Gasteiger partial charge on any atom is -0.497 e. The van der Waals surface area contributed by atoms with Crippen LogP contribution in [0, 0.1) is 5.92 Å². The van der Waals surface area contributed by atoms with E-state index in [0.29, 0.717) is 17.1 Å². The van der Waals surface area contributed by atoms with E-state index in [1.165, 1.54) is 7.11 Å². The minimum absolute atomic E-state index is 0.122. The first-order valence-electron chi connectivity index (χ1n) is 6.26. The lowest BCUT2D eigenvalue weighted by Gasteiger charge is -2.11. The molecule has 0 aliphatic heterocycles. The lowest BCUT2D eigenvalue weighted by molar-refractivity contribution is -0.118. The van der Waals surface area contributed by atoms with Crippen LogP contribution >= 0.6 is 0 Å². The van der Waals surface area contributed by atoms with Gasteiger partial charge in [-0.2, -0.15) is 4.99 Å². The standard InChI is InChI=1S/C13H20N6O2/c1-7(2)11(20)17-9-5-4-8(21-3)6-10(9)18-13(16)19-12(14)15/h4-7H,1-3H3,(H,17,20)(H6,14,15,16,18,19). The van der Waals surface area contributed by atoms with Crippen molar-refractivity contribution in [3.63, 3.8) is 0 Å². The number of methoxy groups -OCH3 is 1. The maximum Gasteiger partial charge on any atom is 0.226 e. The fourth-order valence-electron chi connectivity index (χ4n) is 1.39. The van der Waals surface area contributed by atoms with Crippen LogP contribution in [0.5, 0.6) is 5.75 Å². The van der Waals surface area contributed by atoms with Gasteiger partial charge in [0, 0.05) is 12.0 Å². The number of hydrogen-bond donors (Lipinski definition) is 4. The Morgan fingerprint density at radius 1 is 1.29 bits per heavy atom. The number of nitrogens with zero attached hydrogens (tertiary/aromatic N) is 2. The monoisotopic (exact) mass is 292 g/mol. The number of rotatable bonds is 4. The van der Waals surface area contributed by atoms with Crippen molar-refractivity contribution >= 4 is 29.2 Å². The van der Waals surface area contributed by atoms with Gasteiger partial charge in [-0.15, -0.1) is 0 Å². The van der Waals surface area contributed by atoms with E-state index in [9.17, 15) is 4.79 Å². The molecule has 0 atom stereocenters. The quantitative estimate of drug-likeness (QED) is 0.472. The number of benzene rings is 1. The molecular weight excluding hydrogens is 272 g/mol. The molecule has 0 heterocycles. The van der Waals surface area contributed by atoms with Crippen molar-refractivity contribution in [2.45, 2.75) is 13.8 Å². The van der Waals surface area contributed by atoms with Gasteiger partial charge in [-0.3, -0.25) is 4.79 Å². The molecule has 7 N–H and O–H groups in total. The molecule has 0 fully saturated rings. The summed E-state index contributed by atoms with van der Waals surface area (Å²) in [6.07, 6.45) is 0. The zero-order valence-electron chi connectivity index (χ0n) is 12.3. The van der Waals surface area contributed by atoms with Gasteiger partial charge in [0.2, 0.25) is 11.9 Å². The molecule has 1 aromatic rings. The molecule has 0 saturated carbocycles. The van der Waals surface area contributed by atoms with Crippen LogP contribution in [-0.2, 0) is 4.79 Å². The number of ether oxygens (including phenoxy) is 1. The Hall–Kier alpha value is -2.77. The smallest absolute Gasteiger partial charge is 0.226 e. The normalized spacial score (nSPS) is 11.1.